The van der Waals surface area contributed by atoms with Crippen LogP contribution in [0.1, 0.15) is 47.0 Å². The molecule has 0 amide bonds. The SMILES string of the molecule is CC1(C)CC(Nc2ccccc2S(C)(=O)=O)CC(C)(C)C1. The van der Waals surface area contributed by atoms with Crippen LogP contribution in [0, 0.1) is 10.8 Å². The Morgan fingerprint density at radius 2 is 1.57 bits per heavy atom. The highest BCUT2D eigenvalue weighted by Gasteiger charge is 2.38. The first kappa shape index (κ1) is 16.3. The Labute approximate surface area is 129 Å². The molecule has 1 aliphatic rings. The second-order valence-electron chi connectivity index (χ2n) is 8.02. The molecule has 0 saturated heterocycles. The van der Waals surface area contributed by atoms with Crippen molar-refractivity contribution in [1.29, 1.82) is 0 Å². The highest BCUT2D eigenvalue weighted by atomic mass is 32.2. The molecule has 0 unspecified atom stereocenters. The zero-order valence-corrected chi connectivity index (χ0v) is 14.5. The summed E-state index contributed by atoms with van der Waals surface area (Å²) in [6, 6.07) is 7.51. The molecule has 0 spiro atoms. The summed E-state index contributed by atoms with van der Waals surface area (Å²) in [5.41, 5.74) is 1.29. The number of para-hydroxylation sites is 1. The third-order valence-corrected chi connectivity index (χ3v) is 5.36. The van der Waals surface area contributed by atoms with Crippen LogP contribution in [0.15, 0.2) is 29.2 Å². The average molecular weight is 309 g/mol. The van der Waals surface area contributed by atoms with Crippen LogP contribution in [0.4, 0.5) is 5.69 Å². The lowest BCUT2D eigenvalue weighted by atomic mass is 9.63. The third kappa shape index (κ3) is 4.22. The van der Waals surface area contributed by atoms with Gasteiger partial charge in [-0.05, 0) is 42.2 Å². The van der Waals surface area contributed by atoms with Crippen molar-refractivity contribution in [3.63, 3.8) is 0 Å². The minimum atomic E-state index is -3.20. The summed E-state index contributed by atoms with van der Waals surface area (Å²) < 4.78 is 23.8. The monoisotopic (exact) mass is 309 g/mol. The van der Waals surface area contributed by atoms with Crippen molar-refractivity contribution in [2.24, 2.45) is 10.8 Å². The second-order valence-corrected chi connectivity index (χ2v) is 10.0. The zero-order chi connectivity index (χ0) is 15.9. The van der Waals surface area contributed by atoms with Gasteiger partial charge in [0.15, 0.2) is 9.84 Å². The fourth-order valence-corrected chi connectivity index (χ4v) is 4.93. The first-order chi connectivity index (χ1) is 9.49. The zero-order valence-electron chi connectivity index (χ0n) is 13.7. The van der Waals surface area contributed by atoms with Gasteiger partial charge in [0.25, 0.3) is 0 Å². The quantitative estimate of drug-likeness (QED) is 0.914. The Hall–Kier alpha value is -1.03. The van der Waals surface area contributed by atoms with Crippen molar-refractivity contribution in [2.45, 2.75) is 57.9 Å². The minimum absolute atomic E-state index is 0.277. The molecule has 0 aromatic heterocycles. The number of benzene rings is 1. The van der Waals surface area contributed by atoms with Crippen molar-refractivity contribution < 1.29 is 8.42 Å². The molecule has 1 N–H and O–H groups in total. The van der Waals surface area contributed by atoms with Crippen molar-refractivity contribution in [2.75, 3.05) is 11.6 Å². The van der Waals surface area contributed by atoms with Gasteiger partial charge in [-0.15, -0.1) is 0 Å². The van der Waals surface area contributed by atoms with E-state index in [0.717, 1.165) is 18.5 Å². The van der Waals surface area contributed by atoms with E-state index in [-0.39, 0.29) is 10.8 Å². The van der Waals surface area contributed by atoms with E-state index in [1.165, 1.54) is 12.7 Å². The molecule has 118 valence electrons. The largest absolute Gasteiger partial charge is 0.381 e. The maximum absolute atomic E-state index is 11.9. The van der Waals surface area contributed by atoms with Gasteiger partial charge < -0.3 is 5.32 Å². The Balaban J connectivity index is 2.27. The average Bonchev–Trinajstić information content (AvgIpc) is 2.23. The van der Waals surface area contributed by atoms with Crippen LogP contribution >= 0.6 is 0 Å². The topological polar surface area (TPSA) is 46.2 Å². The van der Waals surface area contributed by atoms with E-state index in [2.05, 4.69) is 33.0 Å². The van der Waals surface area contributed by atoms with E-state index in [0.29, 0.717) is 10.9 Å². The van der Waals surface area contributed by atoms with Crippen LogP contribution in [0.3, 0.4) is 0 Å². The van der Waals surface area contributed by atoms with E-state index in [1.54, 1.807) is 12.1 Å². The van der Waals surface area contributed by atoms with Crippen LogP contribution in [0.5, 0.6) is 0 Å². The number of nitrogens with one attached hydrogen (secondary N) is 1. The maximum Gasteiger partial charge on any atom is 0.177 e. The molecular formula is C17H27NO2S. The molecule has 1 fully saturated rings. The van der Waals surface area contributed by atoms with Gasteiger partial charge in [0.05, 0.1) is 10.6 Å². The normalized spacial score (nSPS) is 22.0. The molecule has 1 aromatic rings. The van der Waals surface area contributed by atoms with Crippen LogP contribution < -0.4 is 5.32 Å². The Kier molecular flexibility index (Phi) is 4.13. The van der Waals surface area contributed by atoms with Crippen LogP contribution in [-0.2, 0) is 9.84 Å². The van der Waals surface area contributed by atoms with Crippen molar-refractivity contribution in [3.05, 3.63) is 24.3 Å². The smallest absolute Gasteiger partial charge is 0.177 e. The van der Waals surface area contributed by atoms with E-state index < -0.39 is 9.84 Å². The molecule has 0 bridgehead atoms. The van der Waals surface area contributed by atoms with Crippen LogP contribution in [0.2, 0.25) is 0 Å². The van der Waals surface area contributed by atoms with Crippen LogP contribution in [0.25, 0.3) is 0 Å². The molecule has 0 radical (unpaired) electrons. The summed E-state index contributed by atoms with van der Waals surface area (Å²) >= 11 is 0. The Bertz CT molecular complexity index is 601. The molecule has 4 heteroatoms. The molecule has 0 aliphatic heterocycles. The van der Waals surface area contributed by atoms with Gasteiger partial charge in [-0.1, -0.05) is 39.8 Å². The lowest BCUT2D eigenvalue weighted by Crippen LogP contribution is -2.40. The molecule has 1 aromatic carbocycles. The van der Waals surface area contributed by atoms with Gasteiger partial charge in [0.2, 0.25) is 0 Å². The van der Waals surface area contributed by atoms with E-state index in [4.69, 9.17) is 0 Å². The first-order valence-corrected chi connectivity index (χ1v) is 9.43. The fraction of sp³-hybridized carbons (Fsp3) is 0.647. The number of anilines is 1. The highest BCUT2D eigenvalue weighted by Crippen LogP contribution is 2.46. The lowest BCUT2D eigenvalue weighted by molar-refractivity contribution is 0.105. The van der Waals surface area contributed by atoms with E-state index >= 15 is 0 Å². The molecule has 0 heterocycles. The molecule has 0 atom stereocenters. The summed E-state index contributed by atoms with van der Waals surface area (Å²) in [7, 11) is -3.20. The van der Waals surface area contributed by atoms with E-state index in [1.807, 2.05) is 12.1 Å². The van der Waals surface area contributed by atoms with Gasteiger partial charge in [0.1, 0.15) is 0 Å². The molecule has 3 nitrogen and oxygen atoms in total. The van der Waals surface area contributed by atoms with Crippen LogP contribution in [-0.4, -0.2) is 20.7 Å². The summed E-state index contributed by atoms with van der Waals surface area (Å²) in [5.74, 6) is 0. The summed E-state index contributed by atoms with van der Waals surface area (Å²) in [6.07, 6.45) is 4.59. The van der Waals surface area contributed by atoms with Crippen molar-refractivity contribution >= 4 is 15.5 Å². The van der Waals surface area contributed by atoms with Crippen molar-refractivity contribution in [3.8, 4) is 0 Å². The standard InChI is InChI=1S/C17H27NO2S/c1-16(2)10-13(11-17(3,4)12-16)18-14-8-6-7-9-15(14)21(5,19)20/h6-9,13,18H,10-12H2,1-5H3. The fourth-order valence-electron chi connectivity index (χ4n) is 4.08. The van der Waals surface area contributed by atoms with E-state index in [9.17, 15) is 8.42 Å². The lowest BCUT2D eigenvalue weighted by Gasteiger charge is -2.45. The number of sulfone groups is 1. The molecule has 2 rings (SSSR count). The predicted octanol–water partition coefficient (Wildman–Crippen LogP) is 4.11. The second kappa shape index (κ2) is 5.31. The van der Waals surface area contributed by atoms with Gasteiger partial charge >= 0.3 is 0 Å². The predicted molar refractivity (Wildman–Crippen MR) is 88.4 cm³/mol. The maximum atomic E-state index is 11.9. The van der Waals surface area contributed by atoms with Crippen molar-refractivity contribution in [1.82, 2.24) is 0 Å². The Morgan fingerprint density at radius 1 is 1.05 bits per heavy atom. The molecular weight excluding hydrogens is 282 g/mol. The first-order valence-electron chi connectivity index (χ1n) is 7.54. The van der Waals surface area contributed by atoms with Gasteiger partial charge in [-0.3, -0.25) is 0 Å². The Morgan fingerprint density at radius 3 is 2.10 bits per heavy atom. The molecule has 1 aliphatic carbocycles. The highest BCUT2D eigenvalue weighted by molar-refractivity contribution is 7.90. The van der Waals surface area contributed by atoms with Gasteiger partial charge in [-0.2, -0.15) is 0 Å². The third-order valence-electron chi connectivity index (χ3n) is 4.20. The number of hydrogen-bond acceptors (Lipinski definition) is 3. The molecule has 1 saturated carbocycles. The minimum Gasteiger partial charge on any atom is -0.381 e. The molecule has 21 heavy (non-hydrogen) atoms. The number of rotatable bonds is 3. The summed E-state index contributed by atoms with van der Waals surface area (Å²) in [6.45, 7) is 9.19. The summed E-state index contributed by atoms with van der Waals surface area (Å²) in [5, 5.41) is 3.49. The van der Waals surface area contributed by atoms with Gasteiger partial charge in [-0.25, -0.2) is 8.42 Å². The summed E-state index contributed by atoms with van der Waals surface area (Å²) in [4.78, 5) is 0.395. The number of hydrogen-bond donors (Lipinski definition) is 1. The van der Waals surface area contributed by atoms with Gasteiger partial charge in [0, 0.05) is 12.3 Å².